The van der Waals surface area contributed by atoms with Crippen LogP contribution in [-0.2, 0) is 0 Å². The predicted octanol–water partition coefficient (Wildman–Crippen LogP) is 4.91. The maximum atomic E-state index is 13.2. The Morgan fingerprint density at radius 2 is 1.49 bits per heavy atom. The zero-order valence-corrected chi connectivity index (χ0v) is 19.1. The summed E-state index contributed by atoms with van der Waals surface area (Å²) in [4.78, 5) is 30.5. The van der Waals surface area contributed by atoms with Crippen molar-refractivity contribution >= 4 is 16.8 Å². The normalized spacial score (nSPS) is 11.7. The van der Waals surface area contributed by atoms with Crippen molar-refractivity contribution in [1.29, 1.82) is 0 Å². The highest BCUT2D eigenvalue weighted by atomic mass is 16.5. The first-order chi connectivity index (χ1) is 17.1. The number of hydrogen-bond acceptors (Lipinski definition) is 4. The molecule has 0 spiro atoms. The molecule has 4 aromatic carbocycles. The van der Waals surface area contributed by atoms with E-state index in [4.69, 9.17) is 4.74 Å². The number of rotatable bonds is 6. The van der Waals surface area contributed by atoms with Crippen LogP contribution in [0.15, 0.2) is 114 Å². The molecule has 5 aromatic rings. The Morgan fingerprint density at radius 1 is 0.829 bits per heavy atom. The number of methoxy groups -OCH3 is 1. The van der Waals surface area contributed by atoms with Crippen molar-refractivity contribution in [3.8, 4) is 11.4 Å². The molecular weight excluding hydrogens is 438 g/mol. The van der Waals surface area contributed by atoms with Crippen LogP contribution in [0, 0.1) is 0 Å². The van der Waals surface area contributed by atoms with E-state index in [1.165, 1.54) is 10.9 Å². The Labute approximate surface area is 202 Å². The number of carbonyl (C=O) groups excluding carboxylic acids is 1. The molecule has 6 nitrogen and oxygen atoms in total. The van der Waals surface area contributed by atoms with Crippen LogP contribution in [-0.4, -0.2) is 22.6 Å². The third kappa shape index (κ3) is 4.54. The highest BCUT2D eigenvalue weighted by Crippen LogP contribution is 2.25. The summed E-state index contributed by atoms with van der Waals surface area (Å²) < 4.78 is 6.75. The summed E-state index contributed by atoms with van der Waals surface area (Å²) >= 11 is 0. The summed E-state index contributed by atoms with van der Waals surface area (Å²) in [5.74, 6) is 0.533. The Balaban J connectivity index is 1.42. The first-order valence-corrected chi connectivity index (χ1v) is 11.2. The highest BCUT2D eigenvalue weighted by molar-refractivity contribution is 5.95. The van der Waals surface area contributed by atoms with Gasteiger partial charge in [-0.15, -0.1) is 0 Å². The van der Waals surface area contributed by atoms with Crippen molar-refractivity contribution in [3.05, 3.63) is 136 Å². The largest absolute Gasteiger partial charge is 0.497 e. The van der Waals surface area contributed by atoms with Crippen molar-refractivity contribution in [2.45, 2.75) is 6.04 Å². The summed E-state index contributed by atoms with van der Waals surface area (Å²) in [5.41, 5.74) is 3.53. The number of para-hydroxylation sites is 1. The van der Waals surface area contributed by atoms with Crippen molar-refractivity contribution in [3.63, 3.8) is 0 Å². The number of aromatic nitrogens is 2. The molecule has 5 rings (SSSR count). The molecule has 1 N–H and O–H groups in total. The van der Waals surface area contributed by atoms with Crippen molar-refractivity contribution < 1.29 is 9.53 Å². The average Bonchev–Trinajstić information content (AvgIpc) is 2.93. The number of ether oxygens (including phenoxy) is 1. The van der Waals surface area contributed by atoms with Gasteiger partial charge >= 0.3 is 0 Å². The lowest BCUT2D eigenvalue weighted by Crippen LogP contribution is -2.29. The summed E-state index contributed by atoms with van der Waals surface area (Å²) in [6.45, 7) is 0. The fourth-order valence-corrected chi connectivity index (χ4v) is 4.04. The number of amides is 1. The molecule has 35 heavy (non-hydrogen) atoms. The molecule has 1 atom stereocenters. The molecule has 0 saturated heterocycles. The van der Waals surface area contributed by atoms with Gasteiger partial charge in [-0.05, 0) is 59.7 Å². The van der Waals surface area contributed by atoms with Crippen molar-refractivity contribution in [1.82, 2.24) is 14.9 Å². The van der Waals surface area contributed by atoms with Crippen LogP contribution in [0.2, 0.25) is 0 Å². The van der Waals surface area contributed by atoms with Crippen LogP contribution < -0.4 is 15.6 Å². The van der Waals surface area contributed by atoms with Gasteiger partial charge in [-0.25, -0.2) is 4.98 Å². The minimum absolute atomic E-state index is 0.156. The van der Waals surface area contributed by atoms with E-state index in [0.717, 1.165) is 16.9 Å². The van der Waals surface area contributed by atoms with Crippen LogP contribution >= 0.6 is 0 Å². The SMILES string of the molecule is COc1ccc(C(NC(=O)c2ccc(-n3cnc4ccccc4c3=O)cc2)c2ccccc2)cc1. The van der Waals surface area contributed by atoms with Gasteiger partial charge in [0.25, 0.3) is 11.5 Å². The lowest BCUT2D eigenvalue weighted by Gasteiger charge is -2.20. The molecule has 6 heteroatoms. The fourth-order valence-electron chi connectivity index (χ4n) is 4.04. The first-order valence-electron chi connectivity index (χ1n) is 11.2. The second kappa shape index (κ2) is 9.65. The number of fused-ring (bicyclic) bond motifs is 1. The number of nitrogens with one attached hydrogen (secondary N) is 1. The van der Waals surface area contributed by atoms with Gasteiger partial charge in [-0.1, -0.05) is 54.6 Å². The van der Waals surface area contributed by atoms with Gasteiger partial charge < -0.3 is 10.1 Å². The van der Waals surface area contributed by atoms with Crippen molar-refractivity contribution in [2.75, 3.05) is 7.11 Å². The molecule has 0 aliphatic rings. The first kappa shape index (κ1) is 22.1. The average molecular weight is 462 g/mol. The number of nitrogens with zero attached hydrogens (tertiary/aromatic N) is 2. The molecule has 0 aliphatic heterocycles. The molecule has 1 amide bonds. The van der Waals surface area contributed by atoms with Crippen LogP contribution in [0.5, 0.6) is 5.75 Å². The summed E-state index contributed by atoms with van der Waals surface area (Å²) in [7, 11) is 1.62. The van der Waals surface area contributed by atoms with E-state index in [2.05, 4.69) is 10.3 Å². The summed E-state index contributed by atoms with van der Waals surface area (Å²) in [6.07, 6.45) is 1.51. The predicted molar refractivity (Wildman–Crippen MR) is 136 cm³/mol. The molecule has 1 heterocycles. The molecule has 172 valence electrons. The van der Waals surface area contributed by atoms with Gasteiger partial charge in [-0.3, -0.25) is 14.2 Å². The van der Waals surface area contributed by atoms with Crippen LogP contribution in [0.4, 0.5) is 0 Å². The lowest BCUT2D eigenvalue weighted by molar-refractivity contribution is 0.0943. The molecule has 0 saturated carbocycles. The Bertz CT molecular complexity index is 1530. The Morgan fingerprint density at radius 3 is 2.20 bits per heavy atom. The van der Waals surface area contributed by atoms with Gasteiger partial charge in [0.2, 0.25) is 0 Å². The minimum Gasteiger partial charge on any atom is -0.497 e. The Kier molecular flexibility index (Phi) is 6.09. The second-order valence-corrected chi connectivity index (χ2v) is 8.07. The number of benzene rings is 4. The smallest absolute Gasteiger partial charge is 0.265 e. The van der Waals surface area contributed by atoms with E-state index >= 15 is 0 Å². The highest BCUT2D eigenvalue weighted by Gasteiger charge is 2.18. The maximum Gasteiger partial charge on any atom is 0.265 e. The molecule has 0 aliphatic carbocycles. The van der Waals surface area contributed by atoms with Crippen LogP contribution in [0.3, 0.4) is 0 Å². The van der Waals surface area contributed by atoms with E-state index in [1.54, 1.807) is 43.5 Å². The molecule has 0 fully saturated rings. The van der Waals surface area contributed by atoms with Gasteiger partial charge in [0, 0.05) is 5.56 Å². The van der Waals surface area contributed by atoms with Gasteiger partial charge in [0.15, 0.2) is 0 Å². The standard InChI is InChI=1S/C29H23N3O3/c1-35-24-17-13-21(14-18-24)27(20-7-3-2-4-8-20)31-28(33)22-11-15-23(16-12-22)32-19-30-26-10-6-5-9-25(26)29(32)34/h2-19,27H,1H3,(H,31,33). The van der Waals surface area contributed by atoms with E-state index in [-0.39, 0.29) is 17.5 Å². The number of hydrogen-bond donors (Lipinski definition) is 1. The topological polar surface area (TPSA) is 73.2 Å². The lowest BCUT2D eigenvalue weighted by atomic mass is 9.98. The molecule has 0 bridgehead atoms. The Hall–Kier alpha value is -4.71. The quantitative estimate of drug-likeness (QED) is 0.390. The molecular formula is C29H23N3O3. The second-order valence-electron chi connectivity index (χ2n) is 8.07. The number of carbonyl (C=O) groups is 1. The zero-order chi connectivity index (χ0) is 24.2. The zero-order valence-electron chi connectivity index (χ0n) is 19.1. The molecule has 1 unspecified atom stereocenters. The van der Waals surface area contributed by atoms with E-state index in [0.29, 0.717) is 22.2 Å². The summed E-state index contributed by atoms with van der Waals surface area (Å²) in [5, 5.41) is 3.68. The van der Waals surface area contributed by atoms with E-state index < -0.39 is 0 Å². The maximum absolute atomic E-state index is 13.2. The molecule has 1 aromatic heterocycles. The van der Waals surface area contributed by atoms with Gasteiger partial charge in [0.05, 0.1) is 29.7 Å². The third-order valence-electron chi connectivity index (χ3n) is 5.93. The van der Waals surface area contributed by atoms with Gasteiger partial charge in [0.1, 0.15) is 12.1 Å². The monoisotopic (exact) mass is 461 g/mol. The van der Waals surface area contributed by atoms with Crippen LogP contribution in [0.1, 0.15) is 27.5 Å². The van der Waals surface area contributed by atoms with Crippen LogP contribution in [0.25, 0.3) is 16.6 Å². The minimum atomic E-state index is -0.332. The van der Waals surface area contributed by atoms with Gasteiger partial charge in [-0.2, -0.15) is 0 Å². The van der Waals surface area contributed by atoms with E-state index in [9.17, 15) is 9.59 Å². The summed E-state index contributed by atoms with van der Waals surface area (Å²) in [6, 6.07) is 31.3. The fraction of sp³-hybridized carbons (Fsp3) is 0.0690. The molecule has 0 radical (unpaired) electrons. The van der Waals surface area contributed by atoms with E-state index in [1.807, 2.05) is 66.7 Å². The third-order valence-corrected chi connectivity index (χ3v) is 5.93. The van der Waals surface area contributed by atoms with Crippen molar-refractivity contribution in [2.24, 2.45) is 0 Å².